The first kappa shape index (κ1) is 15.3. The van der Waals surface area contributed by atoms with Crippen molar-refractivity contribution in [3.63, 3.8) is 0 Å². The zero-order valence-corrected chi connectivity index (χ0v) is 13.3. The Morgan fingerprint density at radius 2 is 2.29 bits per heavy atom. The van der Waals surface area contributed by atoms with Crippen LogP contribution in [0.15, 0.2) is 18.2 Å². The van der Waals surface area contributed by atoms with E-state index in [1.807, 2.05) is 7.05 Å². The lowest BCUT2D eigenvalue weighted by atomic mass is 9.70. The monoisotopic (exact) mass is 311 g/mol. The molecule has 2 unspecified atom stereocenters. The highest BCUT2D eigenvalue weighted by atomic mass is 35.5. The summed E-state index contributed by atoms with van der Waals surface area (Å²) in [4.78, 5) is 0. The minimum Gasteiger partial charge on any atom is -0.375 e. The van der Waals surface area contributed by atoms with Gasteiger partial charge in [-0.15, -0.1) is 0 Å². The molecule has 2 aliphatic rings. The van der Waals surface area contributed by atoms with E-state index in [1.54, 1.807) is 6.07 Å². The molecule has 0 radical (unpaired) electrons. The van der Waals surface area contributed by atoms with Gasteiger partial charge in [-0.3, -0.25) is 0 Å². The molecule has 2 fully saturated rings. The van der Waals surface area contributed by atoms with E-state index >= 15 is 0 Å². The van der Waals surface area contributed by atoms with Gasteiger partial charge in [0.1, 0.15) is 5.82 Å². The first-order valence-corrected chi connectivity index (χ1v) is 8.25. The van der Waals surface area contributed by atoms with Crippen LogP contribution in [0.2, 0.25) is 5.02 Å². The van der Waals surface area contributed by atoms with E-state index < -0.39 is 0 Å². The van der Waals surface area contributed by atoms with Crippen molar-refractivity contribution >= 4 is 11.6 Å². The summed E-state index contributed by atoms with van der Waals surface area (Å²) in [5, 5.41) is 3.97. The summed E-state index contributed by atoms with van der Waals surface area (Å²) in [7, 11) is 2.00. The summed E-state index contributed by atoms with van der Waals surface area (Å²) in [6, 6.07) is 5.07. The highest BCUT2D eigenvalue weighted by Crippen LogP contribution is 2.45. The van der Waals surface area contributed by atoms with E-state index in [0.29, 0.717) is 17.0 Å². The van der Waals surface area contributed by atoms with Gasteiger partial charge in [-0.25, -0.2) is 4.39 Å². The Kier molecular flexibility index (Phi) is 4.53. The van der Waals surface area contributed by atoms with Crippen LogP contribution < -0.4 is 5.32 Å². The van der Waals surface area contributed by atoms with Gasteiger partial charge >= 0.3 is 0 Å². The Morgan fingerprint density at radius 3 is 2.90 bits per heavy atom. The van der Waals surface area contributed by atoms with Crippen molar-refractivity contribution in [1.29, 1.82) is 0 Å². The maximum absolute atomic E-state index is 13.2. The smallest absolute Gasteiger partial charge is 0.124 e. The van der Waals surface area contributed by atoms with Gasteiger partial charge in [0, 0.05) is 17.7 Å². The molecular formula is C17H23ClFNO. The molecule has 3 rings (SSSR count). The molecule has 1 heterocycles. The van der Waals surface area contributed by atoms with Crippen molar-refractivity contribution in [3.05, 3.63) is 34.6 Å². The molecular weight excluding hydrogens is 289 g/mol. The zero-order chi connectivity index (χ0) is 14.9. The van der Waals surface area contributed by atoms with Crippen LogP contribution in [0.5, 0.6) is 0 Å². The molecule has 2 nitrogen and oxygen atoms in total. The van der Waals surface area contributed by atoms with Crippen molar-refractivity contribution < 1.29 is 9.13 Å². The second kappa shape index (κ2) is 6.23. The number of benzene rings is 1. The lowest BCUT2D eigenvalue weighted by Crippen LogP contribution is -2.50. The van der Waals surface area contributed by atoms with Gasteiger partial charge in [-0.2, -0.15) is 0 Å². The first-order chi connectivity index (χ1) is 10.1. The standard InChI is InChI=1S/C17H23ClFNO/c1-20-16(9-12-3-4-14(19)10-15(12)18)13-5-8-21-17(11-13)6-2-7-17/h3-4,10,13,16,20H,2,5-9,11H2,1H3. The Hall–Kier alpha value is -0.640. The molecule has 1 aromatic carbocycles. The molecule has 1 aromatic rings. The minimum atomic E-state index is -0.274. The lowest BCUT2D eigenvalue weighted by molar-refractivity contribution is -0.146. The topological polar surface area (TPSA) is 21.3 Å². The molecule has 1 aliphatic carbocycles. The van der Waals surface area contributed by atoms with Crippen LogP contribution in [-0.2, 0) is 11.2 Å². The van der Waals surface area contributed by atoms with Crippen molar-refractivity contribution in [2.24, 2.45) is 5.92 Å². The van der Waals surface area contributed by atoms with Gasteiger partial charge in [0.25, 0.3) is 0 Å². The van der Waals surface area contributed by atoms with Gasteiger partial charge in [-0.05, 0) is 69.2 Å². The SMILES string of the molecule is CNC(Cc1ccc(F)cc1Cl)C1CCOC2(CCC2)C1. The fourth-order valence-corrected chi connectivity index (χ4v) is 4.00. The number of nitrogens with one attached hydrogen (secondary N) is 1. The Bertz CT molecular complexity index is 504. The highest BCUT2D eigenvalue weighted by Gasteiger charge is 2.44. The molecule has 1 saturated heterocycles. The van der Waals surface area contributed by atoms with Crippen LogP contribution >= 0.6 is 11.6 Å². The molecule has 0 aromatic heterocycles. The van der Waals surface area contributed by atoms with Crippen molar-refractivity contribution in [3.8, 4) is 0 Å². The van der Waals surface area contributed by atoms with E-state index in [1.165, 1.54) is 31.4 Å². The Morgan fingerprint density at radius 1 is 1.48 bits per heavy atom. The predicted octanol–water partition coefficient (Wildman–Crippen LogP) is 3.96. The van der Waals surface area contributed by atoms with Gasteiger partial charge in [-0.1, -0.05) is 17.7 Å². The van der Waals surface area contributed by atoms with Gasteiger partial charge in [0.15, 0.2) is 0 Å². The number of ether oxygens (including phenoxy) is 1. The third-order valence-electron chi connectivity index (χ3n) is 5.19. The van der Waals surface area contributed by atoms with Crippen LogP contribution in [-0.4, -0.2) is 25.3 Å². The molecule has 1 aliphatic heterocycles. The number of hydrogen-bond donors (Lipinski definition) is 1. The fraction of sp³-hybridized carbons (Fsp3) is 0.647. The summed E-state index contributed by atoms with van der Waals surface area (Å²) in [6.07, 6.45) is 6.77. The van der Waals surface area contributed by atoms with Gasteiger partial charge < -0.3 is 10.1 Å². The van der Waals surface area contributed by atoms with Crippen molar-refractivity contribution in [1.82, 2.24) is 5.32 Å². The summed E-state index contributed by atoms with van der Waals surface area (Å²) in [6.45, 7) is 0.861. The van der Waals surface area contributed by atoms with Crippen LogP contribution in [0.3, 0.4) is 0 Å². The summed E-state index contributed by atoms with van der Waals surface area (Å²) >= 11 is 6.17. The van der Waals surface area contributed by atoms with Crippen molar-refractivity contribution in [2.45, 2.75) is 50.2 Å². The van der Waals surface area contributed by atoms with Gasteiger partial charge in [0.05, 0.1) is 5.60 Å². The summed E-state index contributed by atoms with van der Waals surface area (Å²) < 4.78 is 19.2. The van der Waals surface area contributed by atoms with Crippen LogP contribution in [0, 0.1) is 11.7 Å². The van der Waals surface area contributed by atoms with E-state index in [-0.39, 0.29) is 11.4 Å². The molecule has 1 spiro atoms. The maximum Gasteiger partial charge on any atom is 0.124 e. The molecule has 116 valence electrons. The predicted molar refractivity (Wildman–Crippen MR) is 83.2 cm³/mol. The van der Waals surface area contributed by atoms with Crippen LogP contribution in [0.4, 0.5) is 4.39 Å². The molecule has 1 saturated carbocycles. The average molecular weight is 312 g/mol. The third-order valence-corrected chi connectivity index (χ3v) is 5.54. The zero-order valence-electron chi connectivity index (χ0n) is 12.5. The highest BCUT2D eigenvalue weighted by molar-refractivity contribution is 6.31. The number of rotatable bonds is 4. The molecule has 2 atom stereocenters. The molecule has 0 bridgehead atoms. The number of hydrogen-bond acceptors (Lipinski definition) is 2. The van der Waals surface area contributed by atoms with E-state index in [4.69, 9.17) is 16.3 Å². The summed E-state index contributed by atoms with van der Waals surface area (Å²) in [5.41, 5.74) is 1.18. The average Bonchev–Trinajstić information content (AvgIpc) is 2.45. The number of likely N-dealkylation sites (N-methyl/N-ethyl adjacent to an activating group) is 1. The number of halogens is 2. The van der Waals surface area contributed by atoms with Crippen LogP contribution in [0.1, 0.15) is 37.7 Å². The second-order valence-electron chi connectivity index (χ2n) is 6.47. The summed E-state index contributed by atoms with van der Waals surface area (Å²) in [5.74, 6) is 0.328. The van der Waals surface area contributed by atoms with Crippen LogP contribution in [0.25, 0.3) is 0 Å². The fourth-order valence-electron chi connectivity index (χ4n) is 3.76. The van der Waals surface area contributed by atoms with E-state index in [9.17, 15) is 4.39 Å². The largest absolute Gasteiger partial charge is 0.375 e. The third kappa shape index (κ3) is 3.25. The van der Waals surface area contributed by atoms with Gasteiger partial charge in [0.2, 0.25) is 0 Å². The minimum absolute atomic E-state index is 0.157. The maximum atomic E-state index is 13.2. The lowest BCUT2D eigenvalue weighted by Gasteiger charge is -2.48. The Labute approximate surface area is 131 Å². The Balaban J connectivity index is 1.69. The molecule has 21 heavy (non-hydrogen) atoms. The molecule has 0 amide bonds. The molecule has 1 N–H and O–H groups in total. The second-order valence-corrected chi connectivity index (χ2v) is 6.88. The quantitative estimate of drug-likeness (QED) is 0.909. The first-order valence-electron chi connectivity index (χ1n) is 7.87. The van der Waals surface area contributed by atoms with E-state index in [2.05, 4.69) is 5.32 Å². The normalized spacial score (nSPS) is 25.6. The van der Waals surface area contributed by atoms with Crippen molar-refractivity contribution in [2.75, 3.05) is 13.7 Å². The van der Waals surface area contributed by atoms with E-state index in [0.717, 1.165) is 31.4 Å². The molecule has 4 heteroatoms.